The molecule has 1 unspecified atom stereocenters. The van der Waals surface area contributed by atoms with Gasteiger partial charge in [-0.1, -0.05) is 39.5 Å². The first-order valence-corrected chi connectivity index (χ1v) is 6.82. The van der Waals surface area contributed by atoms with Crippen molar-refractivity contribution >= 4 is 9.17 Å². The van der Waals surface area contributed by atoms with Crippen molar-refractivity contribution in [3.8, 4) is 0 Å². The molecule has 0 spiro atoms. The molecular weight excluding hydrogens is 196 g/mol. The van der Waals surface area contributed by atoms with Gasteiger partial charge in [0.05, 0.1) is 6.61 Å². The van der Waals surface area contributed by atoms with Crippen LogP contribution in [0.3, 0.4) is 0 Å². The lowest BCUT2D eigenvalue weighted by Gasteiger charge is -2.14. The predicted octanol–water partition coefficient (Wildman–Crippen LogP) is 2.41. The standard InChI is InChI=1S/C10H22O3Si/c1-3-5-6-8-10(7-4-2)9-13-14(11)12/h10-11H,3-9H2,1-2H3. The van der Waals surface area contributed by atoms with Crippen LogP contribution in [0.5, 0.6) is 0 Å². The Morgan fingerprint density at radius 2 is 1.93 bits per heavy atom. The van der Waals surface area contributed by atoms with Crippen molar-refractivity contribution in [1.29, 1.82) is 0 Å². The molecule has 0 radical (unpaired) electrons. The summed E-state index contributed by atoms with van der Waals surface area (Å²) in [6, 6.07) is 0. The van der Waals surface area contributed by atoms with Crippen molar-refractivity contribution in [1.82, 2.24) is 0 Å². The topological polar surface area (TPSA) is 46.5 Å². The van der Waals surface area contributed by atoms with Crippen molar-refractivity contribution in [3.05, 3.63) is 0 Å². The van der Waals surface area contributed by atoms with Crippen molar-refractivity contribution in [2.75, 3.05) is 6.61 Å². The zero-order valence-electron chi connectivity index (χ0n) is 9.29. The molecule has 1 N–H and O–H groups in total. The molecule has 1 atom stereocenters. The fourth-order valence-electron chi connectivity index (χ4n) is 1.59. The summed E-state index contributed by atoms with van der Waals surface area (Å²) in [5, 5.41) is 0. The number of hydrogen-bond acceptors (Lipinski definition) is 2. The first-order chi connectivity index (χ1) is 6.70. The maximum absolute atomic E-state index is 10.4. The molecule has 0 aromatic rings. The lowest BCUT2D eigenvalue weighted by molar-refractivity contribution is 0.174. The fourth-order valence-corrected chi connectivity index (χ4v) is 1.97. The molecule has 0 rings (SSSR count). The second kappa shape index (κ2) is 9.18. The Morgan fingerprint density at radius 3 is 2.43 bits per heavy atom. The molecule has 0 bridgehead atoms. The summed E-state index contributed by atoms with van der Waals surface area (Å²) >= 11 is 0. The van der Waals surface area contributed by atoms with E-state index in [-0.39, 0.29) is 0 Å². The van der Waals surface area contributed by atoms with Crippen LogP contribution in [0.2, 0.25) is 0 Å². The zero-order chi connectivity index (χ0) is 10.8. The molecule has 4 heteroatoms. The van der Waals surface area contributed by atoms with Crippen LogP contribution in [0.4, 0.5) is 0 Å². The van der Waals surface area contributed by atoms with Crippen LogP contribution in [0.25, 0.3) is 0 Å². The molecule has 14 heavy (non-hydrogen) atoms. The molecule has 0 aromatic heterocycles. The van der Waals surface area contributed by atoms with Crippen LogP contribution < -0.4 is 0 Å². The third kappa shape index (κ3) is 8.23. The van der Waals surface area contributed by atoms with Gasteiger partial charge in [-0.2, -0.15) is 0 Å². The van der Waals surface area contributed by atoms with E-state index in [2.05, 4.69) is 13.8 Å². The average Bonchev–Trinajstić information content (AvgIpc) is 2.14. The molecule has 3 nitrogen and oxygen atoms in total. The van der Waals surface area contributed by atoms with E-state index in [1.54, 1.807) is 0 Å². The van der Waals surface area contributed by atoms with E-state index in [0.29, 0.717) is 12.5 Å². The Labute approximate surface area is 88.4 Å². The molecule has 0 saturated carbocycles. The number of rotatable bonds is 9. The summed E-state index contributed by atoms with van der Waals surface area (Å²) in [5.41, 5.74) is 0. The van der Waals surface area contributed by atoms with Crippen LogP contribution in [-0.4, -0.2) is 20.6 Å². The predicted molar refractivity (Wildman–Crippen MR) is 57.2 cm³/mol. The highest BCUT2D eigenvalue weighted by Crippen LogP contribution is 2.15. The summed E-state index contributed by atoms with van der Waals surface area (Å²) < 4.78 is 15.2. The number of hydrogen-bond donors (Lipinski definition) is 1. The molecule has 0 aliphatic heterocycles. The van der Waals surface area contributed by atoms with E-state index in [9.17, 15) is 4.46 Å². The smallest absolute Gasteiger partial charge is 0.511 e. The SMILES string of the molecule is CCCCCC(CCC)CO[Si](=O)O. The molecule has 0 aromatic carbocycles. The quantitative estimate of drug-likeness (QED) is 0.477. The Balaban J connectivity index is 3.59. The minimum Gasteiger partial charge on any atom is -0.511 e. The average molecular weight is 218 g/mol. The van der Waals surface area contributed by atoms with Gasteiger partial charge in [-0.25, -0.2) is 0 Å². The Morgan fingerprint density at radius 1 is 1.21 bits per heavy atom. The minimum absolute atomic E-state index is 0.450. The largest absolute Gasteiger partial charge is 0.764 e. The lowest BCUT2D eigenvalue weighted by Crippen LogP contribution is -2.15. The molecule has 0 amide bonds. The first kappa shape index (κ1) is 13.6. The van der Waals surface area contributed by atoms with Gasteiger partial charge in [-0.05, 0) is 18.8 Å². The van der Waals surface area contributed by atoms with Gasteiger partial charge in [0.25, 0.3) is 0 Å². The van der Waals surface area contributed by atoms with Crippen LogP contribution in [-0.2, 0) is 8.89 Å². The van der Waals surface area contributed by atoms with E-state index >= 15 is 0 Å². The van der Waals surface area contributed by atoms with Crippen molar-refractivity contribution in [2.45, 2.75) is 52.4 Å². The molecule has 0 aliphatic rings. The van der Waals surface area contributed by atoms with E-state index in [0.717, 1.165) is 19.3 Å². The van der Waals surface area contributed by atoms with E-state index < -0.39 is 9.17 Å². The van der Waals surface area contributed by atoms with E-state index in [1.165, 1.54) is 19.3 Å². The molecule has 0 fully saturated rings. The molecular formula is C10H22O3Si. The highest BCUT2D eigenvalue weighted by Gasteiger charge is 2.11. The summed E-state index contributed by atoms with van der Waals surface area (Å²) in [6.45, 7) is 4.76. The Hall–Kier alpha value is -0.383. The van der Waals surface area contributed by atoms with Gasteiger partial charge in [0.15, 0.2) is 0 Å². The fraction of sp³-hybridized carbons (Fsp3) is 1.00. The summed E-state index contributed by atoms with van der Waals surface area (Å²) in [7, 11) is -2.73. The lowest BCUT2D eigenvalue weighted by atomic mass is 9.98. The van der Waals surface area contributed by atoms with Gasteiger partial charge in [0.1, 0.15) is 0 Å². The van der Waals surface area contributed by atoms with Gasteiger partial charge in [0.2, 0.25) is 0 Å². The van der Waals surface area contributed by atoms with Crippen LogP contribution in [0.15, 0.2) is 0 Å². The summed E-state index contributed by atoms with van der Waals surface area (Å²) in [6.07, 6.45) is 7.00. The second-order valence-electron chi connectivity index (χ2n) is 3.73. The van der Waals surface area contributed by atoms with Crippen molar-refractivity contribution in [2.24, 2.45) is 5.92 Å². The second-order valence-corrected chi connectivity index (χ2v) is 4.55. The van der Waals surface area contributed by atoms with Gasteiger partial charge >= 0.3 is 9.17 Å². The summed E-state index contributed by atoms with van der Waals surface area (Å²) in [5.74, 6) is 0.465. The highest BCUT2D eigenvalue weighted by molar-refractivity contribution is 6.24. The molecule has 0 saturated heterocycles. The maximum Gasteiger partial charge on any atom is 0.764 e. The van der Waals surface area contributed by atoms with Gasteiger partial charge in [0, 0.05) is 0 Å². The third-order valence-electron chi connectivity index (χ3n) is 2.36. The molecule has 0 aliphatic carbocycles. The molecule has 84 valence electrons. The highest BCUT2D eigenvalue weighted by atomic mass is 28.3. The van der Waals surface area contributed by atoms with Crippen LogP contribution in [0, 0.1) is 5.92 Å². The zero-order valence-corrected chi connectivity index (χ0v) is 10.3. The summed E-state index contributed by atoms with van der Waals surface area (Å²) in [4.78, 5) is 8.57. The number of unbranched alkanes of at least 4 members (excludes halogenated alkanes) is 2. The van der Waals surface area contributed by atoms with E-state index in [1.807, 2.05) is 0 Å². The maximum atomic E-state index is 10.4. The normalized spacial score (nSPS) is 12.4. The molecule has 0 heterocycles. The minimum atomic E-state index is -2.73. The van der Waals surface area contributed by atoms with Gasteiger partial charge in [-0.15, -0.1) is 0 Å². The Kier molecular flexibility index (Phi) is 8.93. The van der Waals surface area contributed by atoms with Crippen molar-refractivity contribution < 1.29 is 13.7 Å². The van der Waals surface area contributed by atoms with Crippen LogP contribution in [0.1, 0.15) is 52.4 Å². The van der Waals surface area contributed by atoms with Gasteiger partial charge < -0.3 is 9.22 Å². The Bertz CT molecular complexity index is 150. The third-order valence-corrected chi connectivity index (χ3v) is 2.77. The van der Waals surface area contributed by atoms with Crippen LogP contribution >= 0.6 is 0 Å². The van der Waals surface area contributed by atoms with Crippen molar-refractivity contribution in [3.63, 3.8) is 0 Å². The monoisotopic (exact) mass is 218 g/mol. The van der Waals surface area contributed by atoms with Gasteiger partial charge in [-0.3, -0.25) is 4.46 Å². The first-order valence-electron chi connectivity index (χ1n) is 5.56. The van der Waals surface area contributed by atoms with E-state index in [4.69, 9.17) is 9.22 Å².